The van der Waals surface area contributed by atoms with Gasteiger partial charge in [-0.2, -0.15) is 0 Å². The molecule has 0 spiro atoms. The number of fused-ring (bicyclic) bond motifs is 1. The first-order valence-electron chi connectivity index (χ1n) is 8.15. The van der Waals surface area contributed by atoms with E-state index in [1.807, 2.05) is 0 Å². The molecule has 2 aromatic carbocycles. The second-order valence-electron chi connectivity index (χ2n) is 5.99. The summed E-state index contributed by atoms with van der Waals surface area (Å²) in [4.78, 5) is 11.6. The molecule has 26 heavy (non-hydrogen) atoms. The maximum Gasteiger partial charge on any atom is 0.238 e. The number of hydrogen-bond donors (Lipinski definition) is 1. The molecule has 0 fully saturated rings. The summed E-state index contributed by atoms with van der Waals surface area (Å²) in [7, 11) is -3.64. The predicted octanol–water partition coefficient (Wildman–Crippen LogP) is 2.01. The Balaban J connectivity index is 1.73. The van der Waals surface area contributed by atoms with E-state index in [1.165, 1.54) is 28.6 Å². The van der Waals surface area contributed by atoms with Crippen molar-refractivity contribution in [3.8, 4) is 5.75 Å². The number of rotatable bonds is 6. The lowest BCUT2D eigenvalue weighted by molar-refractivity contribution is -0.119. The van der Waals surface area contributed by atoms with Crippen LogP contribution in [0.2, 0.25) is 0 Å². The monoisotopic (exact) mass is 378 g/mol. The van der Waals surface area contributed by atoms with Crippen LogP contribution < -0.4 is 14.8 Å². The van der Waals surface area contributed by atoms with Crippen molar-refractivity contribution >= 4 is 21.6 Å². The largest absolute Gasteiger partial charge is 0.492 e. The number of halogens is 1. The molecule has 1 heterocycles. The summed E-state index contributed by atoms with van der Waals surface area (Å²) in [5.41, 5.74) is 6.53. The number of sulfonamides is 1. The number of nitrogens with zero attached hydrogens (tertiary/aromatic N) is 1. The lowest BCUT2D eigenvalue weighted by atomic mass is 9.90. The van der Waals surface area contributed by atoms with Crippen LogP contribution in [0.3, 0.4) is 0 Å². The number of ether oxygens (including phenoxy) is 1. The molecule has 1 aliphatic rings. The smallest absolute Gasteiger partial charge is 0.238 e. The van der Waals surface area contributed by atoms with Gasteiger partial charge in [0.05, 0.1) is 11.6 Å². The van der Waals surface area contributed by atoms with Gasteiger partial charge in [-0.25, -0.2) is 12.8 Å². The van der Waals surface area contributed by atoms with E-state index in [0.29, 0.717) is 23.4 Å². The number of primary amides is 1. The Hall–Kier alpha value is -2.61. The SMILES string of the molecule is NC(=O)C1CCN(S(=O)(=O)CCOc2ccc(F)cc2)c2ccccc21. The molecule has 0 aliphatic carbocycles. The van der Waals surface area contributed by atoms with Crippen molar-refractivity contribution in [2.24, 2.45) is 5.73 Å². The third-order valence-electron chi connectivity index (χ3n) is 4.30. The first-order chi connectivity index (χ1) is 12.4. The highest BCUT2D eigenvalue weighted by atomic mass is 32.2. The maximum atomic E-state index is 12.9. The summed E-state index contributed by atoms with van der Waals surface area (Å²) < 4.78 is 45.0. The number of carbonyl (C=O) groups is 1. The quantitative estimate of drug-likeness (QED) is 0.833. The van der Waals surface area contributed by atoms with E-state index in [1.54, 1.807) is 24.3 Å². The topological polar surface area (TPSA) is 89.7 Å². The Bertz CT molecular complexity index is 900. The van der Waals surface area contributed by atoms with Crippen molar-refractivity contribution in [1.29, 1.82) is 0 Å². The van der Waals surface area contributed by atoms with Gasteiger partial charge in [0.1, 0.15) is 23.9 Å². The molecule has 3 rings (SSSR count). The fourth-order valence-electron chi connectivity index (χ4n) is 3.02. The molecule has 1 atom stereocenters. The second kappa shape index (κ2) is 7.33. The van der Waals surface area contributed by atoms with Gasteiger partial charge in [0, 0.05) is 6.54 Å². The highest BCUT2D eigenvalue weighted by molar-refractivity contribution is 7.92. The van der Waals surface area contributed by atoms with Gasteiger partial charge in [-0.1, -0.05) is 18.2 Å². The average molecular weight is 378 g/mol. The standard InChI is InChI=1S/C18H19FN2O4S/c19-13-5-7-14(8-6-13)25-11-12-26(23,24)21-10-9-16(18(20)22)15-3-1-2-4-17(15)21/h1-8,16H,9-12H2,(H2,20,22). The summed E-state index contributed by atoms with van der Waals surface area (Å²) in [5, 5.41) is 0. The molecule has 8 heteroatoms. The Morgan fingerprint density at radius 2 is 1.88 bits per heavy atom. The van der Waals surface area contributed by atoms with Crippen LogP contribution >= 0.6 is 0 Å². The van der Waals surface area contributed by atoms with Crippen molar-refractivity contribution in [3.05, 3.63) is 59.9 Å². The fourth-order valence-corrected chi connectivity index (χ4v) is 4.39. The van der Waals surface area contributed by atoms with Crippen LogP contribution in [0.1, 0.15) is 17.9 Å². The van der Waals surface area contributed by atoms with Crippen molar-refractivity contribution in [1.82, 2.24) is 0 Å². The lowest BCUT2D eigenvalue weighted by Crippen LogP contribution is -2.41. The number of hydrogen-bond acceptors (Lipinski definition) is 4. The molecule has 1 aliphatic heterocycles. The van der Waals surface area contributed by atoms with Gasteiger partial charge >= 0.3 is 0 Å². The molecule has 138 valence electrons. The number of anilines is 1. The highest BCUT2D eigenvalue weighted by Crippen LogP contribution is 2.36. The number of amides is 1. The van der Waals surface area contributed by atoms with Gasteiger partial charge in [0.15, 0.2) is 0 Å². The molecule has 0 saturated heterocycles. The third kappa shape index (κ3) is 3.80. The Morgan fingerprint density at radius 1 is 1.19 bits per heavy atom. The average Bonchev–Trinajstić information content (AvgIpc) is 2.62. The van der Waals surface area contributed by atoms with Gasteiger partial charge in [-0.05, 0) is 42.3 Å². The molecule has 1 unspecified atom stereocenters. The second-order valence-corrected chi connectivity index (χ2v) is 8.01. The van der Waals surface area contributed by atoms with E-state index >= 15 is 0 Å². The highest BCUT2D eigenvalue weighted by Gasteiger charge is 2.33. The number of carbonyl (C=O) groups excluding carboxylic acids is 1. The van der Waals surface area contributed by atoms with Crippen LogP contribution in [-0.2, 0) is 14.8 Å². The molecule has 0 aromatic heterocycles. The molecule has 2 aromatic rings. The summed E-state index contributed by atoms with van der Waals surface area (Å²) in [6.45, 7) is 0.120. The molecular formula is C18H19FN2O4S. The lowest BCUT2D eigenvalue weighted by Gasteiger charge is -2.33. The van der Waals surface area contributed by atoms with Gasteiger partial charge in [-0.15, -0.1) is 0 Å². The van der Waals surface area contributed by atoms with E-state index in [2.05, 4.69) is 0 Å². The predicted molar refractivity (Wildman–Crippen MR) is 96.0 cm³/mol. The van der Waals surface area contributed by atoms with E-state index < -0.39 is 21.8 Å². The summed E-state index contributed by atoms with van der Waals surface area (Å²) in [6, 6.07) is 12.2. The normalized spacial score (nSPS) is 16.8. The summed E-state index contributed by atoms with van der Waals surface area (Å²) >= 11 is 0. The van der Waals surface area contributed by atoms with Crippen molar-refractivity contribution < 1.29 is 22.3 Å². The van der Waals surface area contributed by atoms with E-state index in [-0.39, 0.29) is 24.7 Å². The van der Waals surface area contributed by atoms with E-state index in [4.69, 9.17) is 10.5 Å². The zero-order valence-corrected chi connectivity index (χ0v) is 14.8. The van der Waals surface area contributed by atoms with Gasteiger partial charge in [0.2, 0.25) is 15.9 Å². The van der Waals surface area contributed by atoms with Crippen LogP contribution in [-0.4, -0.2) is 33.2 Å². The molecule has 0 radical (unpaired) electrons. The number of para-hydroxylation sites is 1. The van der Waals surface area contributed by atoms with Crippen LogP contribution in [0.15, 0.2) is 48.5 Å². The van der Waals surface area contributed by atoms with Gasteiger partial charge < -0.3 is 10.5 Å². The Kier molecular flexibility index (Phi) is 5.13. The number of nitrogens with two attached hydrogens (primary N) is 1. The van der Waals surface area contributed by atoms with Crippen LogP contribution in [0.5, 0.6) is 5.75 Å². The van der Waals surface area contributed by atoms with Crippen molar-refractivity contribution in [2.45, 2.75) is 12.3 Å². The first-order valence-corrected chi connectivity index (χ1v) is 9.76. The van der Waals surface area contributed by atoms with Gasteiger partial charge in [0.25, 0.3) is 0 Å². The molecule has 1 amide bonds. The van der Waals surface area contributed by atoms with Crippen molar-refractivity contribution in [2.75, 3.05) is 23.2 Å². The first kappa shape index (κ1) is 18.2. The van der Waals surface area contributed by atoms with Crippen LogP contribution in [0.25, 0.3) is 0 Å². The number of benzene rings is 2. The summed E-state index contributed by atoms with van der Waals surface area (Å²) in [6.07, 6.45) is 0.338. The fraction of sp³-hybridized carbons (Fsp3) is 0.278. The zero-order valence-electron chi connectivity index (χ0n) is 14.0. The van der Waals surface area contributed by atoms with E-state index in [0.717, 1.165) is 0 Å². The molecule has 0 bridgehead atoms. The molecular weight excluding hydrogens is 359 g/mol. The van der Waals surface area contributed by atoms with Crippen LogP contribution in [0, 0.1) is 5.82 Å². The van der Waals surface area contributed by atoms with Crippen LogP contribution in [0.4, 0.5) is 10.1 Å². The Morgan fingerprint density at radius 3 is 2.58 bits per heavy atom. The zero-order chi connectivity index (χ0) is 18.7. The molecule has 0 saturated carbocycles. The van der Waals surface area contributed by atoms with Crippen molar-refractivity contribution in [3.63, 3.8) is 0 Å². The summed E-state index contributed by atoms with van der Waals surface area (Å²) in [5.74, 6) is -1.18. The Labute approximate surface area is 151 Å². The molecule has 2 N–H and O–H groups in total. The maximum absolute atomic E-state index is 12.9. The third-order valence-corrected chi connectivity index (χ3v) is 6.04. The minimum absolute atomic E-state index is 0.0636. The minimum Gasteiger partial charge on any atom is -0.492 e. The molecule has 6 nitrogen and oxygen atoms in total. The minimum atomic E-state index is -3.64. The van der Waals surface area contributed by atoms with E-state index in [9.17, 15) is 17.6 Å². The van der Waals surface area contributed by atoms with Gasteiger partial charge in [-0.3, -0.25) is 9.10 Å².